The molecule has 0 saturated carbocycles. The maximum Gasteiger partial charge on any atom is 0.251 e. The van der Waals surface area contributed by atoms with Crippen LogP contribution in [0.25, 0.3) is 6.08 Å². The summed E-state index contributed by atoms with van der Waals surface area (Å²) in [4.78, 5) is 44.1. The van der Waals surface area contributed by atoms with E-state index < -0.39 is 12.1 Å². The van der Waals surface area contributed by atoms with Crippen LogP contribution in [0.4, 0.5) is 0 Å². The van der Waals surface area contributed by atoms with E-state index in [2.05, 4.69) is 16.9 Å². The molecule has 154 valence electrons. The Kier molecular flexibility index (Phi) is 5.72. The van der Waals surface area contributed by atoms with Gasteiger partial charge in [0.05, 0.1) is 6.10 Å². The van der Waals surface area contributed by atoms with Crippen LogP contribution in [-0.4, -0.2) is 58.8 Å². The number of hydrogen-bond donors (Lipinski definition) is 1. The SMILES string of the molecule is C=Cc1ccc(C(=O)NC(Cc2cccnc2)C(=O)N2CCC3OCC(=O)C32)cc1. The van der Waals surface area contributed by atoms with E-state index in [1.54, 1.807) is 53.7 Å². The molecule has 2 fully saturated rings. The number of pyridine rings is 1. The van der Waals surface area contributed by atoms with Crippen LogP contribution in [0.3, 0.4) is 0 Å². The number of aromatic nitrogens is 1. The van der Waals surface area contributed by atoms with Crippen LogP contribution in [0.2, 0.25) is 0 Å². The van der Waals surface area contributed by atoms with E-state index in [1.807, 2.05) is 6.07 Å². The Morgan fingerprint density at radius 2 is 2.10 bits per heavy atom. The van der Waals surface area contributed by atoms with E-state index in [-0.39, 0.29) is 36.7 Å². The van der Waals surface area contributed by atoms with Gasteiger partial charge in [-0.05, 0) is 35.7 Å². The van der Waals surface area contributed by atoms with Gasteiger partial charge in [0.1, 0.15) is 18.7 Å². The van der Waals surface area contributed by atoms with Crippen molar-refractivity contribution < 1.29 is 19.1 Å². The lowest BCUT2D eigenvalue weighted by molar-refractivity contribution is -0.138. The average Bonchev–Trinajstić information content (AvgIpc) is 3.36. The average molecular weight is 405 g/mol. The van der Waals surface area contributed by atoms with Crippen LogP contribution >= 0.6 is 0 Å². The molecule has 0 spiro atoms. The molecule has 4 rings (SSSR count). The van der Waals surface area contributed by atoms with Crippen LogP contribution in [0, 0.1) is 0 Å². The van der Waals surface area contributed by atoms with Crippen molar-refractivity contribution in [3.8, 4) is 0 Å². The van der Waals surface area contributed by atoms with E-state index in [0.29, 0.717) is 18.5 Å². The fraction of sp³-hybridized carbons (Fsp3) is 0.304. The van der Waals surface area contributed by atoms with Crippen molar-refractivity contribution >= 4 is 23.7 Å². The van der Waals surface area contributed by atoms with Crippen LogP contribution in [0.15, 0.2) is 55.4 Å². The lowest BCUT2D eigenvalue weighted by atomic mass is 10.0. The number of ether oxygens (including phenoxy) is 1. The maximum atomic E-state index is 13.4. The lowest BCUT2D eigenvalue weighted by Crippen LogP contribution is -2.53. The highest BCUT2D eigenvalue weighted by Gasteiger charge is 2.48. The minimum Gasteiger partial charge on any atom is -0.368 e. The number of nitrogens with zero attached hydrogens (tertiary/aromatic N) is 2. The minimum absolute atomic E-state index is 0.0361. The van der Waals surface area contributed by atoms with Crippen LogP contribution < -0.4 is 5.32 Å². The van der Waals surface area contributed by atoms with Crippen molar-refractivity contribution in [1.82, 2.24) is 15.2 Å². The van der Waals surface area contributed by atoms with Gasteiger partial charge >= 0.3 is 0 Å². The Morgan fingerprint density at radius 3 is 2.80 bits per heavy atom. The van der Waals surface area contributed by atoms with Gasteiger partial charge in [-0.15, -0.1) is 0 Å². The molecule has 30 heavy (non-hydrogen) atoms. The number of benzene rings is 1. The molecule has 2 aliphatic rings. The first kappa shape index (κ1) is 20.0. The van der Waals surface area contributed by atoms with Crippen molar-refractivity contribution in [2.24, 2.45) is 0 Å². The van der Waals surface area contributed by atoms with Crippen molar-refractivity contribution in [2.75, 3.05) is 13.2 Å². The predicted molar refractivity (Wildman–Crippen MR) is 111 cm³/mol. The fourth-order valence-electron chi connectivity index (χ4n) is 4.01. The zero-order chi connectivity index (χ0) is 21.1. The Bertz CT molecular complexity index is 958. The summed E-state index contributed by atoms with van der Waals surface area (Å²) in [5, 5.41) is 2.85. The van der Waals surface area contributed by atoms with Crippen LogP contribution in [-0.2, 0) is 20.7 Å². The second-order valence-electron chi connectivity index (χ2n) is 7.50. The van der Waals surface area contributed by atoms with E-state index in [4.69, 9.17) is 4.74 Å². The summed E-state index contributed by atoms with van der Waals surface area (Å²) in [5.41, 5.74) is 2.17. The van der Waals surface area contributed by atoms with Gasteiger partial charge in [0.2, 0.25) is 5.91 Å². The van der Waals surface area contributed by atoms with Gasteiger partial charge in [-0.1, -0.05) is 30.9 Å². The molecule has 0 aliphatic carbocycles. The molecular formula is C23H23N3O4. The smallest absolute Gasteiger partial charge is 0.251 e. The largest absolute Gasteiger partial charge is 0.368 e. The first-order valence-corrected chi connectivity index (χ1v) is 9.94. The summed E-state index contributed by atoms with van der Waals surface area (Å²) in [6.07, 6.45) is 5.68. The Labute approximate surface area is 174 Å². The highest BCUT2D eigenvalue weighted by atomic mass is 16.5. The molecule has 7 heteroatoms. The van der Waals surface area contributed by atoms with Crippen LogP contribution in [0.1, 0.15) is 27.9 Å². The monoisotopic (exact) mass is 405 g/mol. The standard InChI is InChI=1S/C23H23N3O4/c1-2-15-5-7-17(8-6-15)22(28)25-18(12-16-4-3-10-24-13-16)23(29)26-11-9-20-21(26)19(27)14-30-20/h2-8,10,13,18,20-21H,1,9,11-12,14H2,(H,25,28). The highest BCUT2D eigenvalue weighted by molar-refractivity contribution is 5.99. The molecule has 0 bridgehead atoms. The third-order valence-corrected chi connectivity index (χ3v) is 5.57. The molecule has 1 N–H and O–H groups in total. The molecular weight excluding hydrogens is 382 g/mol. The summed E-state index contributed by atoms with van der Waals surface area (Å²) in [6.45, 7) is 4.18. The second-order valence-corrected chi connectivity index (χ2v) is 7.50. The molecule has 1 aromatic carbocycles. The number of fused-ring (bicyclic) bond motifs is 1. The Hall–Kier alpha value is -3.32. The summed E-state index contributed by atoms with van der Waals surface area (Å²) in [5.74, 6) is -0.712. The van der Waals surface area contributed by atoms with Gasteiger partial charge in [0, 0.05) is 30.9 Å². The molecule has 2 aliphatic heterocycles. The van der Waals surface area contributed by atoms with Gasteiger partial charge < -0.3 is 15.0 Å². The number of Topliss-reactive ketones (excluding diaryl/α,β-unsaturated/α-hetero) is 1. The lowest BCUT2D eigenvalue weighted by Gasteiger charge is -2.27. The maximum absolute atomic E-state index is 13.4. The number of nitrogens with one attached hydrogen (secondary N) is 1. The number of hydrogen-bond acceptors (Lipinski definition) is 5. The molecule has 2 saturated heterocycles. The van der Waals surface area contributed by atoms with E-state index in [9.17, 15) is 14.4 Å². The first-order chi connectivity index (χ1) is 14.6. The number of carbonyl (C=O) groups is 3. The van der Waals surface area contributed by atoms with Gasteiger partial charge in [0.25, 0.3) is 5.91 Å². The van der Waals surface area contributed by atoms with E-state index >= 15 is 0 Å². The molecule has 3 heterocycles. The normalized spacial score (nSPS) is 21.2. The summed E-state index contributed by atoms with van der Waals surface area (Å²) < 4.78 is 5.49. The van der Waals surface area contributed by atoms with Gasteiger partial charge in [0.15, 0.2) is 5.78 Å². The topological polar surface area (TPSA) is 88.6 Å². The molecule has 2 aromatic rings. The number of rotatable bonds is 6. The molecule has 7 nitrogen and oxygen atoms in total. The molecule has 1 aromatic heterocycles. The number of amides is 2. The summed E-state index contributed by atoms with van der Waals surface area (Å²) >= 11 is 0. The number of carbonyl (C=O) groups excluding carboxylic acids is 3. The highest BCUT2D eigenvalue weighted by Crippen LogP contribution is 2.28. The third kappa shape index (κ3) is 4.02. The van der Waals surface area contributed by atoms with E-state index in [1.165, 1.54) is 0 Å². The molecule has 2 amide bonds. The van der Waals surface area contributed by atoms with Crippen LogP contribution in [0.5, 0.6) is 0 Å². The van der Waals surface area contributed by atoms with Gasteiger partial charge in [-0.2, -0.15) is 0 Å². The van der Waals surface area contributed by atoms with Crippen molar-refractivity contribution in [2.45, 2.75) is 31.0 Å². The van der Waals surface area contributed by atoms with E-state index in [0.717, 1.165) is 11.1 Å². The predicted octanol–water partition coefficient (Wildman–Crippen LogP) is 1.63. The first-order valence-electron chi connectivity index (χ1n) is 9.94. The van der Waals surface area contributed by atoms with Gasteiger partial charge in [-0.25, -0.2) is 0 Å². The van der Waals surface area contributed by atoms with Gasteiger partial charge in [-0.3, -0.25) is 19.4 Å². The number of ketones is 1. The summed E-state index contributed by atoms with van der Waals surface area (Å²) in [7, 11) is 0. The third-order valence-electron chi connectivity index (χ3n) is 5.57. The number of likely N-dealkylation sites (tertiary alicyclic amines) is 1. The summed E-state index contributed by atoms with van der Waals surface area (Å²) in [6, 6.07) is 9.24. The Morgan fingerprint density at radius 1 is 1.30 bits per heavy atom. The quantitative estimate of drug-likeness (QED) is 0.789. The fourth-order valence-corrected chi connectivity index (χ4v) is 4.01. The second kappa shape index (κ2) is 8.59. The van der Waals surface area contributed by atoms with Crippen molar-refractivity contribution in [3.63, 3.8) is 0 Å². The van der Waals surface area contributed by atoms with Crippen molar-refractivity contribution in [1.29, 1.82) is 0 Å². The van der Waals surface area contributed by atoms with Crippen molar-refractivity contribution in [3.05, 3.63) is 72.1 Å². The molecule has 3 atom stereocenters. The minimum atomic E-state index is -0.812. The zero-order valence-electron chi connectivity index (χ0n) is 16.5. The Balaban J connectivity index is 1.55. The molecule has 0 radical (unpaired) electrons. The zero-order valence-corrected chi connectivity index (χ0v) is 16.5. The molecule has 3 unspecified atom stereocenters.